The van der Waals surface area contributed by atoms with Gasteiger partial charge in [-0.15, -0.1) is 0 Å². The second-order valence-corrected chi connectivity index (χ2v) is 6.28. The highest BCUT2D eigenvalue weighted by Gasteiger charge is 2.34. The average molecular weight is 370 g/mol. The maximum absolute atomic E-state index is 12.7. The molecule has 142 valence electrons. The molecule has 1 aliphatic heterocycles. The summed E-state index contributed by atoms with van der Waals surface area (Å²) in [5.74, 6) is 1.16. The molecule has 0 saturated heterocycles. The van der Waals surface area contributed by atoms with Crippen LogP contribution in [0.25, 0.3) is 0 Å². The zero-order chi connectivity index (χ0) is 19.2. The zero-order valence-electron chi connectivity index (χ0n) is 15.2. The zero-order valence-corrected chi connectivity index (χ0v) is 15.2. The SMILES string of the molecule is CCC1Oc2ccc([N+](=O)[O-])cc2N(CCCCOc2ccccc2)C1=O. The van der Waals surface area contributed by atoms with E-state index in [1.54, 1.807) is 11.0 Å². The number of nitro benzene ring substituents is 1. The molecule has 27 heavy (non-hydrogen) atoms. The van der Waals surface area contributed by atoms with Crippen molar-refractivity contribution in [1.29, 1.82) is 0 Å². The number of nitrogens with zero attached hydrogens (tertiary/aromatic N) is 2. The summed E-state index contributed by atoms with van der Waals surface area (Å²) in [5.41, 5.74) is 0.403. The lowest BCUT2D eigenvalue weighted by molar-refractivity contribution is -0.384. The van der Waals surface area contributed by atoms with Crippen LogP contribution < -0.4 is 14.4 Å². The van der Waals surface area contributed by atoms with E-state index >= 15 is 0 Å². The molecule has 1 amide bonds. The lowest BCUT2D eigenvalue weighted by Crippen LogP contribution is -2.46. The van der Waals surface area contributed by atoms with Crippen molar-refractivity contribution in [1.82, 2.24) is 0 Å². The van der Waals surface area contributed by atoms with Gasteiger partial charge >= 0.3 is 0 Å². The highest BCUT2D eigenvalue weighted by atomic mass is 16.6. The molecule has 7 heteroatoms. The quantitative estimate of drug-likeness (QED) is 0.399. The third kappa shape index (κ3) is 4.36. The fourth-order valence-electron chi connectivity index (χ4n) is 2.99. The van der Waals surface area contributed by atoms with Crippen molar-refractivity contribution in [3.05, 3.63) is 58.6 Å². The molecule has 1 atom stereocenters. The van der Waals surface area contributed by atoms with Gasteiger partial charge in [0.15, 0.2) is 6.10 Å². The van der Waals surface area contributed by atoms with Crippen LogP contribution in [0.3, 0.4) is 0 Å². The second kappa shape index (κ2) is 8.53. The summed E-state index contributed by atoms with van der Waals surface area (Å²) in [5, 5.41) is 11.1. The predicted octanol–water partition coefficient (Wildman–Crippen LogP) is 3.96. The van der Waals surface area contributed by atoms with Crippen molar-refractivity contribution >= 4 is 17.3 Å². The highest BCUT2D eigenvalue weighted by Crippen LogP contribution is 2.37. The van der Waals surface area contributed by atoms with E-state index in [4.69, 9.17) is 9.47 Å². The molecule has 0 radical (unpaired) electrons. The van der Waals surface area contributed by atoms with Crippen molar-refractivity contribution in [3.8, 4) is 11.5 Å². The minimum absolute atomic E-state index is 0.0579. The Morgan fingerprint density at radius 2 is 1.96 bits per heavy atom. The van der Waals surface area contributed by atoms with E-state index in [2.05, 4.69) is 0 Å². The van der Waals surface area contributed by atoms with E-state index in [-0.39, 0.29) is 11.6 Å². The van der Waals surface area contributed by atoms with Gasteiger partial charge in [-0.1, -0.05) is 25.1 Å². The van der Waals surface area contributed by atoms with E-state index in [0.29, 0.717) is 31.0 Å². The van der Waals surface area contributed by atoms with Gasteiger partial charge in [-0.3, -0.25) is 14.9 Å². The van der Waals surface area contributed by atoms with Gasteiger partial charge in [0.2, 0.25) is 0 Å². The standard InChI is InChI=1S/C20H22N2O5/c1-2-18-20(23)21(12-6-7-13-26-16-8-4-3-5-9-16)17-14-15(22(24)25)10-11-19(17)27-18/h3-5,8-11,14,18H,2,6-7,12-13H2,1H3. The largest absolute Gasteiger partial charge is 0.494 e. The van der Waals surface area contributed by atoms with Gasteiger partial charge in [-0.25, -0.2) is 0 Å². The molecular formula is C20H22N2O5. The van der Waals surface area contributed by atoms with Gasteiger partial charge in [-0.2, -0.15) is 0 Å². The van der Waals surface area contributed by atoms with Gasteiger partial charge in [0.05, 0.1) is 17.2 Å². The van der Waals surface area contributed by atoms with E-state index in [1.165, 1.54) is 12.1 Å². The number of fused-ring (bicyclic) bond motifs is 1. The van der Waals surface area contributed by atoms with Crippen molar-refractivity contribution in [2.24, 2.45) is 0 Å². The van der Waals surface area contributed by atoms with Gasteiger partial charge in [0.1, 0.15) is 11.5 Å². The number of carbonyl (C=O) groups is 1. The molecule has 0 saturated carbocycles. The second-order valence-electron chi connectivity index (χ2n) is 6.28. The van der Waals surface area contributed by atoms with Crippen molar-refractivity contribution in [2.75, 3.05) is 18.1 Å². The first-order valence-corrected chi connectivity index (χ1v) is 9.04. The summed E-state index contributed by atoms with van der Waals surface area (Å²) in [6, 6.07) is 13.9. The average Bonchev–Trinajstić information content (AvgIpc) is 2.69. The number of nitro groups is 1. The van der Waals surface area contributed by atoms with Gasteiger partial charge < -0.3 is 14.4 Å². The molecule has 1 aliphatic rings. The van der Waals surface area contributed by atoms with E-state index in [0.717, 1.165) is 18.6 Å². The first kappa shape index (κ1) is 18.7. The Labute approximate surface area is 157 Å². The molecule has 2 aromatic carbocycles. The number of hydrogen-bond donors (Lipinski definition) is 0. The Kier molecular flexibility index (Phi) is 5.90. The normalized spacial score (nSPS) is 15.8. The molecule has 3 rings (SSSR count). The molecule has 0 fully saturated rings. The van der Waals surface area contributed by atoms with Crippen LogP contribution in [0.5, 0.6) is 11.5 Å². The lowest BCUT2D eigenvalue weighted by Gasteiger charge is -2.34. The summed E-state index contributed by atoms with van der Waals surface area (Å²) in [6.45, 7) is 2.89. The molecule has 7 nitrogen and oxygen atoms in total. The molecule has 0 aliphatic carbocycles. The van der Waals surface area contributed by atoms with Crippen LogP contribution in [-0.2, 0) is 4.79 Å². The number of rotatable bonds is 8. The van der Waals surface area contributed by atoms with Crippen LogP contribution in [0.1, 0.15) is 26.2 Å². The minimum Gasteiger partial charge on any atom is -0.494 e. The number of ether oxygens (including phenoxy) is 2. The fraction of sp³-hybridized carbons (Fsp3) is 0.350. The highest BCUT2D eigenvalue weighted by molar-refractivity contribution is 6.00. The Balaban J connectivity index is 1.65. The maximum atomic E-state index is 12.7. The first-order chi connectivity index (χ1) is 13.1. The Morgan fingerprint density at radius 3 is 2.67 bits per heavy atom. The Bertz CT molecular complexity index is 809. The molecule has 1 heterocycles. The van der Waals surface area contributed by atoms with Crippen molar-refractivity contribution in [2.45, 2.75) is 32.3 Å². The Morgan fingerprint density at radius 1 is 1.19 bits per heavy atom. The summed E-state index contributed by atoms with van der Waals surface area (Å²) >= 11 is 0. The van der Waals surface area contributed by atoms with Crippen LogP contribution in [0.2, 0.25) is 0 Å². The predicted molar refractivity (Wildman–Crippen MR) is 101 cm³/mol. The number of non-ortho nitro benzene ring substituents is 1. The van der Waals surface area contributed by atoms with Crippen LogP contribution in [0.4, 0.5) is 11.4 Å². The van der Waals surface area contributed by atoms with E-state index in [9.17, 15) is 14.9 Å². The van der Waals surface area contributed by atoms with Gasteiger partial charge in [-0.05, 0) is 37.5 Å². The fourth-order valence-corrected chi connectivity index (χ4v) is 2.99. The number of para-hydroxylation sites is 1. The van der Waals surface area contributed by atoms with Crippen molar-refractivity contribution in [3.63, 3.8) is 0 Å². The lowest BCUT2D eigenvalue weighted by atomic mass is 10.1. The molecule has 0 aromatic heterocycles. The summed E-state index contributed by atoms with van der Waals surface area (Å²) in [7, 11) is 0. The summed E-state index contributed by atoms with van der Waals surface area (Å²) in [4.78, 5) is 24.9. The van der Waals surface area contributed by atoms with E-state index < -0.39 is 11.0 Å². The molecule has 1 unspecified atom stereocenters. The van der Waals surface area contributed by atoms with E-state index in [1.807, 2.05) is 37.3 Å². The van der Waals surface area contributed by atoms with Gasteiger partial charge in [0, 0.05) is 18.7 Å². The van der Waals surface area contributed by atoms with Crippen LogP contribution in [0, 0.1) is 10.1 Å². The van der Waals surface area contributed by atoms with Crippen LogP contribution in [0.15, 0.2) is 48.5 Å². The van der Waals surface area contributed by atoms with Crippen molar-refractivity contribution < 1.29 is 19.2 Å². The number of carbonyl (C=O) groups excluding carboxylic acids is 1. The summed E-state index contributed by atoms with van der Waals surface area (Å²) in [6.07, 6.45) is 1.47. The monoisotopic (exact) mass is 370 g/mol. The number of hydrogen-bond acceptors (Lipinski definition) is 5. The third-order valence-corrected chi connectivity index (χ3v) is 4.41. The molecule has 2 aromatic rings. The number of benzene rings is 2. The smallest absolute Gasteiger partial charge is 0.271 e. The summed E-state index contributed by atoms with van der Waals surface area (Å²) < 4.78 is 11.4. The van der Waals surface area contributed by atoms with Crippen LogP contribution >= 0.6 is 0 Å². The number of unbranched alkanes of at least 4 members (excludes halogenated alkanes) is 1. The first-order valence-electron chi connectivity index (χ1n) is 9.04. The number of anilines is 1. The topological polar surface area (TPSA) is 81.9 Å². The maximum Gasteiger partial charge on any atom is 0.271 e. The Hall–Kier alpha value is -3.09. The minimum atomic E-state index is -0.556. The van der Waals surface area contributed by atoms with Crippen LogP contribution in [-0.4, -0.2) is 30.1 Å². The molecule has 0 spiro atoms. The third-order valence-electron chi connectivity index (χ3n) is 4.41. The molecule has 0 bridgehead atoms. The molecular weight excluding hydrogens is 348 g/mol. The number of amides is 1. The van der Waals surface area contributed by atoms with Gasteiger partial charge in [0.25, 0.3) is 11.6 Å². The molecule has 0 N–H and O–H groups in total.